The van der Waals surface area contributed by atoms with Crippen LogP contribution in [0.5, 0.6) is 11.5 Å². The summed E-state index contributed by atoms with van der Waals surface area (Å²) in [5.41, 5.74) is 3.80. The topological polar surface area (TPSA) is 105 Å². The van der Waals surface area contributed by atoms with Gasteiger partial charge in [-0.2, -0.15) is 0 Å². The molecule has 1 fully saturated rings. The first kappa shape index (κ1) is 26.2. The first-order valence-electron chi connectivity index (χ1n) is 11.6. The molecule has 3 amide bonds. The zero-order valence-corrected chi connectivity index (χ0v) is 22.4. The van der Waals surface area contributed by atoms with E-state index in [2.05, 4.69) is 27.9 Å². The zero-order valence-electron chi connectivity index (χ0n) is 20.3. The number of benzene rings is 3. The number of aromatic carboxylic acids is 1. The molecule has 0 spiro atoms. The van der Waals surface area contributed by atoms with Gasteiger partial charge >= 0.3 is 12.0 Å². The number of urea groups is 1. The highest BCUT2D eigenvalue weighted by Crippen LogP contribution is 2.36. The predicted molar refractivity (Wildman–Crippen MR) is 146 cm³/mol. The second-order valence-electron chi connectivity index (χ2n) is 8.42. The van der Waals surface area contributed by atoms with Crippen molar-refractivity contribution in [3.63, 3.8) is 0 Å². The summed E-state index contributed by atoms with van der Waals surface area (Å²) in [7, 11) is 0. The molecule has 0 aromatic heterocycles. The minimum absolute atomic E-state index is 0.183. The molecule has 1 saturated heterocycles. The highest BCUT2D eigenvalue weighted by molar-refractivity contribution is 14.1. The molecular formula is C28H25IN2O6. The third-order valence-electron chi connectivity index (χ3n) is 5.61. The molecule has 2 N–H and O–H groups in total. The number of ether oxygens (including phenoxy) is 2. The van der Waals surface area contributed by atoms with Crippen molar-refractivity contribution in [1.82, 2.24) is 10.2 Å². The molecule has 1 heterocycles. The standard InChI is InChI=1S/C28H25IN2O6/c1-3-36-24-14-20(12-22(29)25(24)37-16-18-7-9-21(10-8-18)27(33)34)13-23-26(32)31(28(35)30-23)15-19-6-4-5-17(2)11-19/h4-14H,3,15-16H2,1-2H3,(H,30,35)(H,33,34)/b23-13+. The third-order valence-corrected chi connectivity index (χ3v) is 6.41. The number of aryl methyl sites for hydroxylation is 1. The lowest BCUT2D eigenvalue weighted by Crippen LogP contribution is -2.30. The van der Waals surface area contributed by atoms with E-state index in [1.165, 1.54) is 17.0 Å². The summed E-state index contributed by atoms with van der Waals surface area (Å²) in [5.74, 6) is -0.350. The Morgan fingerprint density at radius 1 is 1.05 bits per heavy atom. The maximum Gasteiger partial charge on any atom is 0.335 e. The Bertz CT molecular complexity index is 1380. The van der Waals surface area contributed by atoms with E-state index < -0.39 is 17.9 Å². The molecule has 1 aliphatic rings. The largest absolute Gasteiger partial charge is 0.490 e. The molecule has 0 atom stereocenters. The fourth-order valence-electron chi connectivity index (χ4n) is 3.85. The molecule has 190 valence electrons. The fourth-order valence-corrected chi connectivity index (χ4v) is 4.63. The quantitative estimate of drug-likeness (QED) is 0.191. The first-order chi connectivity index (χ1) is 17.7. The van der Waals surface area contributed by atoms with Crippen LogP contribution in [0.3, 0.4) is 0 Å². The van der Waals surface area contributed by atoms with E-state index in [1.807, 2.05) is 44.2 Å². The van der Waals surface area contributed by atoms with Crippen molar-refractivity contribution in [2.24, 2.45) is 0 Å². The second-order valence-corrected chi connectivity index (χ2v) is 9.58. The van der Waals surface area contributed by atoms with Gasteiger partial charge in [-0.1, -0.05) is 42.0 Å². The van der Waals surface area contributed by atoms with E-state index >= 15 is 0 Å². The number of carboxylic acid groups (broad SMARTS) is 1. The number of amides is 3. The van der Waals surface area contributed by atoms with Gasteiger partial charge in [-0.25, -0.2) is 9.59 Å². The Labute approximate surface area is 228 Å². The van der Waals surface area contributed by atoms with E-state index in [1.54, 1.807) is 24.3 Å². The number of carbonyl (C=O) groups is 3. The molecule has 0 radical (unpaired) electrons. The van der Waals surface area contributed by atoms with Crippen LogP contribution in [0.4, 0.5) is 4.79 Å². The molecule has 0 saturated carbocycles. The normalized spacial score (nSPS) is 14.1. The van der Waals surface area contributed by atoms with Crippen molar-refractivity contribution >= 4 is 46.6 Å². The van der Waals surface area contributed by atoms with Crippen LogP contribution in [0.25, 0.3) is 6.08 Å². The van der Waals surface area contributed by atoms with Crippen molar-refractivity contribution in [3.05, 3.63) is 97.7 Å². The summed E-state index contributed by atoms with van der Waals surface area (Å²) >= 11 is 2.13. The number of imide groups is 1. The number of carboxylic acids is 1. The van der Waals surface area contributed by atoms with Crippen molar-refractivity contribution in [2.75, 3.05) is 6.61 Å². The van der Waals surface area contributed by atoms with Gasteiger partial charge in [-0.3, -0.25) is 9.69 Å². The summed E-state index contributed by atoms with van der Waals surface area (Å²) in [6, 6.07) is 17.3. The smallest absolute Gasteiger partial charge is 0.335 e. The molecular weight excluding hydrogens is 587 g/mol. The molecule has 3 aromatic rings. The Morgan fingerprint density at radius 2 is 1.81 bits per heavy atom. The fraction of sp³-hybridized carbons (Fsp3) is 0.179. The van der Waals surface area contributed by atoms with Crippen molar-refractivity contribution in [3.8, 4) is 11.5 Å². The van der Waals surface area contributed by atoms with Crippen LogP contribution in [0, 0.1) is 10.5 Å². The number of halogens is 1. The Morgan fingerprint density at radius 3 is 2.49 bits per heavy atom. The SMILES string of the molecule is CCOc1cc(/C=C2/NC(=O)N(Cc3cccc(C)c3)C2=O)cc(I)c1OCc1ccc(C(=O)O)cc1. The average Bonchev–Trinajstić information content (AvgIpc) is 3.11. The van der Waals surface area contributed by atoms with Crippen molar-refractivity contribution in [2.45, 2.75) is 27.0 Å². The number of hydrogen-bond acceptors (Lipinski definition) is 5. The van der Waals surface area contributed by atoms with Gasteiger partial charge in [0.15, 0.2) is 11.5 Å². The van der Waals surface area contributed by atoms with Crippen LogP contribution in [0.1, 0.15) is 39.5 Å². The summed E-state index contributed by atoms with van der Waals surface area (Å²) in [5, 5.41) is 11.7. The summed E-state index contributed by atoms with van der Waals surface area (Å²) < 4.78 is 12.6. The molecule has 3 aromatic carbocycles. The van der Waals surface area contributed by atoms with E-state index in [9.17, 15) is 14.4 Å². The van der Waals surface area contributed by atoms with Crippen LogP contribution < -0.4 is 14.8 Å². The molecule has 1 aliphatic heterocycles. The van der Waals surface area contributed by atoms with Gasteiger partial charge in [0, 0.05) is 0 Å². The highest BCUT2D eigenvalue weighted by atomic mass is 127. The lowest BCUT2D eigenvalue weighted by atomic mass is 10.1. The number of rotatable bonds is 9. The Balaban J connectivity index is 1.53. The number of nitrogens with one attached hydrogen (secondary N) is 1. The molecule has 9 heteroatoms. The zero-order chi connectivity index (χ0) is 26.5. The lowest BCUT2D eigenvalue weighted by molar-refractivity contribution is -0.123. The minimum Gasteiger partial charge on any atom is -0.490 e. The molecule has 0 aliphatic carbocycles. The number of nitrogens with zero attached hydrogens (tertiary/aromatic N) is 1. The van der Waals surface area contributed by atoms with Gasteiger partial charge < -0.3 is 19.9 Å². The summed E-state index contributed by atoms with van der Waals surface area (Å²) in [4.78, 5) is 37.7. The second kappa shape index (κ2) is 11.5. The van der Waals surface area contributed by atoms with Gasteiger partial charge in [-0.05, 0) is 83.5 Å². The first-order valence-corrected chi connectivity index (χ1v) is 12.6. The minimum atomic E-state index is -0.986. The van der Waals surface area contributed by atoms with Gasteiger partial charge in [0.1, 0.15) is 12.3 Å². The maximum absolute atomic E-state index is 13.0. The van der Waals surface area contributed by atoms with Crippen LogP contribution in [-0.4, -0.2) is 34.5 Å². The maximum atomic E-state index is 13.0. The van der Waals surface area contributed by atoms with E-state index in [0.29, 0.717) is 23.7 Å². The highest BCUT2D eigenvalue weighted by Gasteiger charge is 2.33. The number of carbonyl (C=O) groups excluding carboxylic acids is 2. The summed E-state index contributed by atoms with van der Waals surface area (Å²) in [6.45, 7) is 4.63. The van der Waals surface area contributed by atoms with Crippen molar-refractivity contribution < 1.29 is 29.0 Å². The van der Waals surface area contributed by atoms with Crippen LogP contribution in [0.2, 0.25) is 0 Å². The van der Waals surface area contributed by atoms with Gasteiger partial charge in [0.2, 0.25) is 0 Å². The lowest BCUT2D eigenvalue weighted by Gasteiger charge is -2.15. The number of hydrogen-bond donors (Lipinski definition) is 2. The van der Waals surface area contributed by atoms with Crippen molar-refractivity contribution in [1.29, 1.82) is 0 Å². The molecule has 0 unspecified atom stereocenters. The van der Waals surface area contributed by atoms with E-state index in [-0.39, 0.29) is 24.4 Å². The van der Waals surface area contributed by atoms with Crippen LogP contribution >= 0.6 is 22.6 Å². The van der Waals surface area contributed by atoms with Gasteiger partial charge in [0.25, 0.3) is 5.91 Å². The van der Waals surface area contributed by atoms with Gasteiger partial charge in [0.05, 0.1) is 22.3 Å². The Hall–Kier alpha value is -3.86. The van der Waals surface area contributed by atoms with E-state index in [0.717, 1.165) is 20.3 Å². The van der Waals surface area contributed by atoms with Crippen LogP contribution in [0.15, 0.2) is 66.4 Å². The monoisotopic (exact) mass is 612 g/mol. The Kier molecular flexibility index (Phi) is 8.12. The predicted octanol–water partition coefficient (Wildman–Crippen LogP) is 5.37. The average molecular weight is 612 g/mol. The summed E-state index contributed by atoms with van der Waals surface area (Å²) in [6.07, 6.45) is 1.62. The molecule has 4 rings (SSSR count). The van der Waals surface area contributed by atoms with E-state index in [4.69, 9.17) is 14.6 Å². The molecule has 0 bridgehead atoms. The third kappa shape index (κ3) is 6.29. The molecule has 8 nitrogen and oxygen atoms in total. The van der Waals surface area contributed by atoms with Crippen LogP contribution in [-0.2, 0) is 17.9 Å². The molecule has 37 heavy (non-hydrogen) atoms. The van der Waals surface area contributed by atoms with Gasteiger partial charge in [-0.15, -0.1) is 0 Å².